The second-order valence-corrected chi connectivity index (χ2v) is 5.55. The molecule has 0 aliphatic heterocycles. The first-order valence-corrected chi connectivity index (χ1v) is 6.80. The predicted octanol–water partition coefficient (Wildman–Crippen LogP) is 3.39. The van der Waals surface area contributed by atoms with Crippen molar-refractivity contribution in [1.82, 2.24) is 4.98 Å². The maximum Gasteiger partial charge on any atom is 0.174 e. The first-order chi connectivity index (χ1) is 8.72. The summed E-state index contributed by atoms with van der Waals surface area (Å²) in [6.45, 7) is 0. The Hall–Kier alpha value is -1.55. The minimum Gasteiger partial charge on any atom is -0.293 e. The number of thiazole rings is 1. The van der Waals surface area contributed by atoms with Gasteiger partial charge in [0.25, 0.3) is 0 Å². The summed E-state index contributed by atoms with van der Waals surface area (Å²) in [5.41, 5.74) is 1.98. The molecule has 1 aromatic carbocycles. The van der Waals surface area contributed by atoms with E-state index >= 15 is 0 Å². The highest BCUT2D eigenvalue weighted by molar-refractivity contribution is 7.13. The average molecular weight is 261 g/mol. The lowest BCUT2D eigenvalue weighted by Crippen LogP contribution is -2.07. The third-order valence-electron chi connectivity index (χ3n) is 3.08. The zero-order chi connectivity index (χ0) is 12.5. The van der Waals surface area contributed by atoms with Crippen LogP contribution in [0.3, 0.4) is 0 Å². The topological polar surface area (TPSA) is 30.0 Å². The van der Waals surface area contributed by atoms with Crippen LogP contribution in [0.15, 0.2) is 24.3 Å². The normalized spacial score (nSPS) is 14.6. The Balaban J connectivity index is 1.85. The maximum atomic E-state index is 12.8. The fourth-order valence-electron chi connectivity index (χ4n) is 2.17. The van der Waals surface area contributed by atoms with Gasteiger partial charge in [-0.3, -0.25) is 4.79 Å². The molecule has 0 spiro atoms. The van der Waals surface area contributed by atoms with E-state index in [4.69, 9.17) is 0 Å². The number of benzene rings is 1. The number of carbonyl (C=O) groups excluding carboxylic acids is 1. The molecule has 0 radical (unpaired) electrons. The van der Waals surface area contributed by atoms with Crippen molar-refractivity contribution in [3.05, 3.63) is 51.2 Å². The van der Waals surface area contributed by atoms with E-state index in [0.717, 1.165) is 34.0 Å². The smallest absolute Gasteiger partial charge is 0.174 e. The molecule has 0 bridgehead atoms. The molecule has 0 N–H and O–H groups in total. The van der Waals surface area contributed by atoms with Crippen LogP contribution >= 0.6 is 11.3 Å². The van der Waals surface area contributed by atoms with Gasteiger partial charge in [0.1, 0.15) is 5.82 Å². The average Bonchev–Trinajstić information content (AvgIpc) is 2.76. The molecular weight excluding hydrogens is 249 g/mol. The van der Waals surface area contributed by atoms with Crippen LogP contribution in [0, 0.1) is 5.82 Å². The minimum absolute atomic E-state index is 0.221. The quantitative estimate of drug-likeness (QED) is 0.829. The van der Waals surface area contributed by atoms with Gasteiger partial charge in [0.15, 0.2) is 5.78 Å². The van der Waals surface area contributed by atoms with Crippen molar-refractivity contribution in [1.29, 1.82) is 0 Å². The number of aryl methyl sites for hydroxylation is 1. The maximum absolute atomic E-state index is 12.8. The number of aromatic nitrogens is 1. The first kappa shape index (κ1) is 11.5. The van der Waals surface area contributed by atoms with Crippen molar-refractivity contribution in [2.45, 2.75) is 25.7 Å². The Labute approximate surface area is 108 Å². The van der Waals surface area contributed by atoms with E-state index in [1.165, 1.54) is 23.5 Å². The van der Waals surface area contributed by atoms with Gasteiger partial charge in [-0.1, -0.05) is 12.1 Å². The molecule has 0 amide bonds. The van der Waals surface area contributed by atoms with Crippen LogP contribution in [0.4, 0.5) is 4.39 Å². The second-order valence-electron chi connectivity index (χ2n) is 4.46. The van der Waals surface area contributed by atoms with E-state index in [-0.39, 0.29) is 11.6 Å². The van der Waals surface area contributed by atoms with Crippen molar-refractivity contribution >= 4 is 17.1 Å². The molecule has 4 heteroatoms. The number of ketones is 1. The molecular formula is C14H12FNOS. The van der Waals surface area contributed by atoms with Crippen LogP contribution in [-0.4, -0.2) is 10.8 Å². The summed E-state index contributed by atoms with van der Waals surface area (Å²) >= 11 is 1.49. The molecule has 0 fully saturated rings. The summed E-state index contributed by atoms with van der Waals surface area (Å²) in [6, 6.07) is 6.43. The Kier molecular flexibility index (Phi) is 2.96. The van der Waals surface area contributed by atoms with Crippen LogP contribution in [0.5, 0.6) is 0 Å². The number of hydrogen-bond donors (Lipinski definition) is 0. The third-order valence-corrected chi connectivity index (χ3v) is 4.22. The molecule has 0 unspecified atom stereocenters. The number of nitrogens with zero attached hydrogens (tertiary/aromatic N) is 1. The van der Waals surface area contributed by atoms with Gasteiger partial charge in [-0.05, 0) is 30.5 Å². The lowest BCUT2D eigenvalue weighted by atomic mass is 10.0. The Bertz CT molecular complexity index is 588. The molecule has 2 aromatic rings. The monoisotopic (exact) mass is 261 g/mol. The zero-order valence-electron chi connectivity index (χ0n) is 9.78. The Morgan fingerprint density at radius 2 is 2.00 bits per heavy atom. The number of carbonyl (C=O) groups is 1. The fourth-order valence-corrected chi connectivity index (χ4v) is 3.28. The largest absolute Gasteiger partial charge is 0.293 e. The van der Waals surface area contributed by atoms with Gasteiger partial charge in [-0.2, -0.15) is 0 Å². The number of fused-ring (bicyclic) bond motifs is 1. The summed E-state index contributed by atoms with van der Waals surface area (Å²) in [6.07, 6.45) is 3.13. The predicted molar refractivity (Wildman–Crippen MR) is 68.6 cm³/mol. The van der Waals surface area contributed by atoms with Gasteiger partial charge in [0.05, 0.1) is 15.6 Å². The van der Waals surface area contributed by atoms with Gasteiger partial charge in [-0.25, -0.2) is 9.37 Å². The van der Waals surface area contributed by atoms with Crippen LogP contribution in [0.25, 0.3) is 0 Å². The van der Waals surface area contributed by atoms with Gasteiger partial charge in [0, 0.05) is 12.8 Å². The van der Waals surface area contributed by atoms with Crippen LogP contribution in [0.1, 0.15) is 38.8 Å². The Morgan fingerprint density at radius 3 is 2.72 bits per heavy atom. The number of rotatable bonds is 2. The standard InChI is InChI=1S/C14H12FNOS/c15-10-6-4-9(5-7-10)8-13-16-11-2-1-3-12(17)14(11)18-13/h4-7H,1-3,8H2. The number of halogens is 1. The van der Waals surface area contributed by atoms with Crippen molar-refractivity contribution in [3.63, 3.8) is 0 Å². The number of Topliss-reactive ketones (excluding diaryl/α,β-unsaturated/α-hetero) is 1. The van der Waals surface area contributed by atoms with Crippen molar-refractivity contribution in [3.8, 4) is 0 Å². The minimum atomic E-state index is -0.229. The molecule has 0 saturated heterocycles. The zero-order valence-corrected chi connectivity index (χ0v) is 10.6. The van der Waals surface area contributed by atoms with E-state index in [9.17, 15) is 9.18 Å². The molecule has 18 heavy (non-hydrogen) atoms. The van der Waals surface area contributed by atoms with E-state index in [1.54, 1.807) is 12.1 Å². The SMILES string of the molecule is O=C1CCCc2nc(Cc3ccc(F)cc3)sc21. The molecule has 1 aromatic heterocycles. The van der Waals surface area contributed by atoms with Crippen molar-refractivity contribution < 1.29 is 9.18 Å². The second kappa shape index (κ2) is 4.61. The van der Waals surface area contributed by atoms with E-state index in [1.807, 2.05) is 0 Å². The van der Waals surface area contributed by atoms with Crippen LogP contribution in [0.2, 0.25) is 0 Å². The van der Waals surface area contributed by atoms with Gasteiger partial charge < -0.3 is 0 Å². The van der Waals surface area contributed by atoms with E-state index in [2.05, 4.69) is 4.98 Å². The summed E-state index contributed by atoms with van der Waals surface area (Å²) in [5.74, 6) is -0.00790. The molecule has 1 aliphatic carbocycles. The van der Waals surface area contributed by atoms with Gasteiger partial charge >= 0.3 is 0 Å². The molecule has 2 nitrogen and oxygen atoms in total. The van der Waals surface area contributed by atoms with Crippen LogP contribution in [-0.2, 0) is 12.8 Å². The highest BCUT2D eigenvalue weighted by Gasteiger charge is 2.21. The first-order valence-electron chi connectivity index (χ1n) is 5.98. The van der Waals surface area contributed by atoms with Gasteiger partial charge in [0.2, 0.25) is 0 Å². The highest BCUT2D eigenvalue weighted by atomic mass is 32.1. The number of hydrogen-bond acceptors (Lipinski definition) is 3. The lowest BCUT2D eigenvalue weighted by Gasteiger charge is -2.06. The van der Waals surface area contributed by atoms with Gasteiger partial charge in [-0.15, -0.1) is 11.3 Å². The molecule has 92 valence electrons. The highest BCUT2D eigenvalue weighted by Crippen LogP contribution is 2.27. The lowest BCUT2D eigenvalue weighted by molar-refractivity contribution is 0.0976. The van der Waals surface area contributed by atoms with E-state index < -0.39 is 0 Å². The summed E-state index contributed by atoms with van der Waals surface area (Å²) < 4.78 is 12.8. The van der Waals surface area contributed by atoms with E-state index in [0.29, 0.717) is 12.8 Å². The molecule has 3 rings (SSSR count). The summed E-state index contributed by atoms with van der Waals surface area (Å²) in [4.78, 5) is 17.1. The molecule has 1 heterocycles. The molecule has 0 atom stereocenters. The Morgan fingerprint density at radius 1 is 1.22 bits per heavy atom. The van der Waals surface area contributed by atoms with Crippen molar-refractivity contribution in [2.75, 3.05) is 0 Å². The van der Waals surface area contributed by atoms with Crippen LogP contribution < -0.4 is 0 Å². The third kappa shape index (κ3) is 2.20. The van der Waals surface area contributed by atoms with Crippen molar-refractivity contribution in [2.24, 2.45) is 0 Å². The molecule has 1 aliphatic rings. The summed E-state index contributed by atoms with van der Waals surface area (Å²) in [7, 11) is 0. The molecule has 0 saturated carbocycles. The fraction of sp³-hybridized carbons (Fsp3) is 0.286. The summed E-state index contributed by atoms with van der Waals surface area (Å²) in [5, 5.41) is 0.946.